The third-order valence-electron chi connectivity index (χ3n) is 3.34. The van der Waals surface area contributed by atoms with E-state index in [2.05, 4.69) is 34.2 Å². The highest BCUT2D eigenvalue weighted by Crippen LogP contribution is 2.21. The standard InChI is InChI=1S/C16H19N5/c1-4-17-16-18-14-8-6-5-7-12(14)15(19-16)21-10-9-13(20-21)11(2)3/h5-11H,4H2,1-3H3,(H,17,18,19). The Morgan fingerprint density at radius 3 is 2.67 bits per heavy atom. The van der Waals surface area contributed by atoms with E-state index >= 15 is 0 Å². The molecule has 0 atom stereocenters. The van der Waals surface area contributed by atoms with Gasteiger partial charge in [-0.1, -0.05) is 26.0 Å². The second kappa shape index (κ2) is 5.52. The third kappa shape index (κ3) is 2.59. The molecule has 3 rings (SSSR count). The Morgan fingerprint density at radius 1 is 1.14 bits per heavy atom. The average molecular weight is 281 g/mol. The van der Waals surface area contributed by atoms with Gasteiger partial charge in [0, 0.05) is 18.1 Å². The summed E-state index contributed by atoms with van der Waals surface area (Å²) in [5.41, 5.74) is 1.97. The fourth-order valence-corrected chi connectivity index (χ4v) is 2.24. The molecular formula is C16H19N5. The number of nitrogens with zero attached hydrogens (tertiary/aromatic N) is 4. The number of rotatable bonds is 4. The first-order chi connectivity index (χ1) is 10.2. The lowest BCUT2D eigenvalue weighted by Crippen LogP contribution is -2.07. The lowest BCUT2D eigenvalue weighted by Gasteiger charge is -2.09. The Bertz CT molecular complexity index is 760. The van der Waals surface area contributed by atoms with Gasteiger partial charge >= 0.3 is 0 Å². The smallest absolute Gasteiger partial charge is 0.225 e. The Balaban J connectivity index is 2.18. The van der Waals surface area contributed by atoms with E-state index in [1.807, 2.05) is 48.1 Å². The summed E-state index contributed by atoms with van der Waals surface area (Å²) in [6, 6.07) is 10.0. The van der Waals surface area contributed by atoms with Crippen molar-refractivity contribution in [1.29, 1.82) is 0 Å². The molecule has 108 valence electrons. The van der Waals surface area contributed by atoms with Crippen LogP contribution in [-0.2, 0) is 0 Å². The van der Waals surface area contributed by atoms with Crippen LogP contribution in [0.25, 0.3) is 16.7 Å². The Kier molecular flexibility index (Phi) is 3.56. The van der Waals surface area contributed by atoms with Crippen molar-refractivity contribution < 1.29 is 0 Å². The largest absolute Gasteiger partial charge is 0.354 e. The molecule has 5 nitrogen and oxygen atoms in total. The molecule has 0 bridgehead atoms. The van der Waals surface area contributed by atoms with Crippen LogP contribution in [0, 0.1) is 0 Å². The number of para-hydroxylation sites is 1. The van der Waals surface area contributed by atoms with E-state index in [0.29, 0.717) is 11.9 Å². The molecule has 0 unspecified atom stereocenters. The molecule has 1 N–H and O–H groups in total. The van der Waals surface area contributed by atoms with Crippen LogP contribution < -0.4 is 5.32 Å². The van der Waals surface area contributed by atoms with E-state index in [1.54, 1.807) is 0 Å². The number of hydrogen-bond donors (Lipinski definition) is 1. The summed E-state index contributed by atoms with van der Waals surface area (Å²) in [7, 11) is 0. The van der Waals surface area contributed by atoms with Crippen LogP contribution in [0.1, 0.15) is 32.4 Å². The van der Waals surface area contributed by atoms with Gasteiger partial charge in [0.05, 0.1) is 11.2 Å². The minimum atomic E-state index is 0.396. The second-order valence-electron chi connectivity index (χ2n) is 5.26. The van der Waals surface area contributed by atoms with Gasteiger partial charge in [0.25, 0.3) is 0 Å². The number of aromatic nitrogens is 4. The molecular weight excluding hydrogens is 262 g/mol. The topological polar surface area (TPSA) is 55.6 Å². The Hall–Kier alpha value is -2.43. The van der Waals surface area contributed by atoms with Gasteiger partial charge in [0.15, 0.2) is 5.82 Å². The maximum atomic E-state index is 4.63. The molecule has 0 fully saturated rings. The third-order valence-corrected chi connectivity index (χ3v) is 3.34. The lowest BCUT2D eigenvalue weighted by molar-refractivity contribution is 0.760. The molecule has 3 aromatic rings. The summed E-state index contributed by atoms with van der Waals surface area (Å²) in [6.07, 6.45) is 1.96. The predicted molar refractivity (Wildman–Crippen MR) is 84.9 cm³/mol. The number of nitrogens with one attached hydrogen (secondary N) is 1. The van der Waals surface area contributed by atoms with Gasteiger partial charge in [-0.15, -0.1) is 0 Å². The maximum Gasteiger partial charge on any atom is 0.225 e. The number of benzene rings is 1. The average Bonchev–Trinajstić information content (AvgIpc) is 2.96. The van der Waals surface area contributed by atoms with Crippen LogP contribution in [0.4, 0.5) is 5.95 Å². The first-order valence-corrected chi connectivity index (χ1v) is 7.25. The molecule has 0 spiro atoms. The van der Waals surface area contributed by atoms with Gasteiger partial charge < -0.3 is 5.32 Å². The van der Waals surface area contributed by atoms with E-state index in [9.17, 15) is 0 Å². The van der Waals surface area contributed by atoms with Crippen molar-refractivity contribution in [2.45, 2.75) is 26.7 Å². The van der Waals surface area contributed by atoms with Crippen LogP contribution in [0.15, 0.2) is 36.5 Å². The van der Waals surface area contributed by atoms with Crippen molar-refractivity contribution in [2.24, 2.45) is 0 Å². The van der Waals surface area contributed by atoms with Crippen LogP contribution in [0.2, 0.25) is 0 Å². The van der Waals surface area contributed by atoms with E-state index in [4.69, 9.17) is 0 Å². The fraction of sp³-hybridized carbons (Fsp3) is 0.312. The molecule has 0 aliphatic heterocycles. The quantitative estimate of drug-likeness (QED) is 0.796. The highest BCUT2D eigenvalue weighted by atomic mass is 15.3. The highest BCUT2D eigenvalue weighted by Gasteiger charge is 2.11. The number of anilines is 1. The monoisotopic (exact) mass is 281 g/mol. The SMILES string of the molecule is CCNc1nc(-n2ccc(C(C)C)n2)c2ccccc2n1. The molecule has 2 aromatic heterocycles. The van der Waals surface area contributed by atoms with E-state index < -0.39 is 0 Å². The zero-order chi connectivity index (χ0) is 14.8. The molecule has 5 heteroatoms. The second-order valence-corrected chi connectivity index (χ2v) is 5.26. The van der Waals surface area contributed by atoms with Crippen molar-refractivity contribution in [3.8, 4) is 5.82 Å². The maximum absolute atomic E-state index is 4.63. The predicted octanol–water partition coefficient (Wildman–Crippen LogP) is 3.37. The molecule has 0 saturated carbocycles. The summed E-state index contributed by atoms with van der Waals surface area (Å²) < 4.78 is 1.83. The first kappa shape index (κ1) is 13.5. The summed E-state index contributed by atoms with van der Waals surface area (Å²) in [5, 5.41) is 8.80. The summed E-state index contributed by atoms with van der Waals surface area (Å²) >= 11 is 0. The van der Waals surface area contributed by atoms with Crippen LogP contribution in [-0.4, -0.2) is 26.3 Å². The Labute approximate surface area is 124 Å². The zero-order valence-electron chi connectivity index (χ0n) is 12.5. The van der Waals surface area contributed by atoms with Crippen molar-refractivity contribution >= 4 is 16.9 Å². The van der Waals surface area contributed by atoms with Crippen molar-refractivity contribution in [2.75, 3.05) is 11.9 Å². The molecule has 0 amide bonds. The van der Waals surface area contributed by atoms with Crippen LogP contribution >= 0.6 is 0 Å². The molecule has 0 saturated heterocycles. The van der Waals surface area contributed by atoms with E-state index in [-0.39, 0.29) is 0 Å². The number of hydrogen-bond acceptors (Lipinski definition) is 4. The van der Waals surface area contributed by atoms with E-state index in [0.717, 1.165) is 29.0 Å². The molecule has 2 heterocycles. The fourth-order valence-electron chi connectivity index (χ4n) is 2.24. The van der Waals surface area contributed by atoms with Crippen LogP contribution in [0.3, 0.4) is 0 Å². The molecule has 21 heavy (non-hydrogen) atoms. The van der Waals surface area contributed by atoms with E-state index in [1.165, 1.54) is 0 Å². The molecule has 0 aliphatic rings. The minimum absolute atomic E-state index is 0.396. The van der Waals surface area contributed by atoms with Gasteiger partial charge in [0.1, 0.15) is 0 Å². The van der Waals surface area contributed by atoms with Crippen molar-refractivity contribution in [3.63, 3.8) is 0 Å². The molecule has 0 aliphatic carbocycles. The lowest BCUT2D eigenvalue weighted by atomic mass is 10.1. The van der Waals surface area contributed by atoms with Gasteiger partial charge in [-0.2, -0.15) is 10.1 Å². The van der Waals surface area contributed by atoms with Crippen molar-refractivity contribution in [1.82, 2.24) is 19.7 Å². The molecule has 0 radical (unpaired) electrons. The summed E-state index contributed by atoms with van der Waals surface area (Å²) in [5.74, 6) is 1.84. The van der Waals surface area contributed by atoms with Gasteiger partial charge in [-0.25, -0.2) is 9.67 Å². The van der Waals surface area contributed by atoms with Gasteiger partial charge in [0.2, 0.25) is 5.95 Å². The Morgan fingerprint density at radius 2 is 1.95 bits per heavy atom. The highest BCUT2D eigenvalue weighted by molar-refractivity contribution is 5.86. The number of fused-ring (bicyclic) bond motifs is 1. The zero-order valence-corrected chi connectivity index (χ0v) is 12.5. The van der Waals surface area contributed by atoms with Gasteiger partial charge in [-0.05, 0) is 31.0 Å². The van der Waals surface area contributed by atoms with Crippen LogP contribution in [0.5, 0.6) is 0 Å². The molecule has 1 aromatic carbocycles. The minimum Gasteiger partial charge on any atom is -0.354 e. The summed E-state index contributed by atoms with van der Waals surface area (Å²) in [4.78, 5) is 9.14. The van der Waals surface area contributed by atoms with Gasteiger partial charge in [-0.3, -0.25) is 0 Å². The van der Waals surface area contributed by atoms with Crippen molar-refractivity contribution in [3.05, 3.63) is 42.2 Å². The first-order valence-electron chi connectivity index (χ1n) is 7.25. The normalized spacial score (nSPS) is 11.2. The summed E-state index contributed by atoms with van der Waals surface area (Å²) in [6.45, 7) is 7.08.